The van der Waals surface area contributed by atoms with Crippen LogP contribution >= 0.6 is 0 Å². The number of benzene rings is 1. The molecule has 0 spiro atoms. The number of nitro benzene ring substituents is 1. The van der Waals surface area contributed by atoms with Crippen LogP contribution in [-0.2, 0) is 14.3 Å². The van der Waals surface area contributed by atoms with Crippen molar-refractivity contribution in [1.82, 2.24) is 0 Å². The Morgan fingerprint density at radius 3 is 2.55 bits per heavy atom. The molecule has 0 bridgehead atoms. The number of ether oxygens (including phenoxy) is 3. The van der Waals surface area contributed by atoms with Crippen LogP contribution in [0.3, 0.4) is 0 Å². The fourth-order valence-corrected chi connectivity index (χ4v) is 1.24. The molecule has 0 saturated carbocycles. The van der Waals surface area contributed by atoms with Crippen molar-refractivity contribution in [2.24, 2.45) is 0 Å². The number of rotatable bonds is 5. The summed E-state index contributed by atoms with van der Waals surface area (Å²) in [6, 6.07) is 5.34. The summed E-state index contributed by atoms with van der Waals surface area (Å²) < 4.78 is 14.0. The SMILES string of the molecule is CCC(=O)OC(C)OC(=O)Oc1ccccc1[N+](=O)[O-]. The van der Waals surface area contributed by atoms with Gasteiger partial charge in [-0.3, -0.25) is 14.9 Å². The molecule has 0 fully saturated rings. The second kappa shape index (κ2) is 7.07. The predicted molar refractivity (Wildman–Crippen MR) is 66.1 cm³/mol. The molecular weight excluding hydrogens is 270 g/mol. The van der Waals surface area contributed by atoms with Gasteiger partial charge in [-0.1, -0.05) is 19.1 Å². The van der Waals surface area contributed by atoms with Crippen LogP contribution in [0.4, 0.5) is 10.5 Å². The molecule has 1 unspecified atom stereocenters. The van der Waals surface area contributed by atoms with E-state index in [-0.39, 0.29) is 17.9 Å². The number of carbonyl (C=O) groups is 2. The van der Waals surface area contributed by atoms with Gasteiger partial charge in [-0.2, -0.15) is 0 Å². The van der Waals surface area contributed by atoms with Crippen LogP contribution in [0.15, 0.2) is 24.3 Å². The van der Waals surface area contributed by atoms with E-state index in [4.69, 9.17) is 4.74 Å². The topological polar surface area (TPSA) is 105 Å². The maximum absolute atomic E-state index is 11.4. The normalized spacial score (nSPS) is 11.3. The van der Waals surface area contributed by atoms with Crippen molar-refractivity contribution in [2.45, 2.75) is 26.6 Å². The van der Waals surface area contributed by atoms with E-state index in [0.717, 1.165) is 0 Å². The molecule has 1 aromatic carbocycles. The second-order valence-electron chi connectivity index (χ2n) is 3.61. The Balaban J connectivity index is 2.63. The smallest absolute Gasteiger partial charge is 0.425 e. The molecule has 0 aromatic heterocycles. The van der Waals surface area contributed by atoms with Crippen molar-refractivity contribution in [2.75, 3.05) is 0 Å². The number of hydrogen-bond acceptors (Lipinski definition) is 7. The van der Waals surface area contributed by atoms with Gasteiger partial charge in [0.05, 0.1) is 4.92 Å². The van der Waals surface area contributed by atoms with E-state index >= 15 is 0 Å². The van der Waals surface area contributed by atoms with Gasteiger partial charge < -0.3 is 14.2 Å². The average Bonchev–Trinajstić information content (AvgIpc) is 2.38. The summed E-state index contributed by atoms with van der Waals surface area (Å²) in [5.41, 5.74) is -0.373. The third kappa shape index (κ3) is 4.56. The first kappa shape index (κ1) is 15.4. The molecule has 0 aliphatic heterocycles. The largest absolute Gasteiger partial charge is 0.517 e. The number of para-hydroxylation sites is 2. The molecule has 8 nitrogen and oxygen atoms in total. The maximum Gasteiger partial charge on any atom is 0.517 e. The van der Waals surface area contributed by atoms with Crippen LogP contribution in [0.25, 0.3) is 0 Å². The lowest BCUT2D eigenvalue weighted by molar-refractivity contribution is -0.385. The van der Waals surface area contributed by atoms with Crippen molar-refractivity contribution < 1.29 is 28.7 Å². The highest BCUT2D eigenvalue weighted by molar-refractivity contribution is 5.70. The van der Waals surface area contributed by atoms with E-state index in [0.29, 0.717) is 0 Å². The third-order valence-electron chi connectivity index (χ3n) is 2.10. The molecule has 0 heterocycles. The van der Waals surface area contributed by atoms with Crippen molar-refractivity contribution in [3.05, 3.63) is 34.4 Å². The molecule has 108 valence electrons. The number of carbonyl (C=O) groups excluding carboxylic acids is 2. The molecule has 0 aliphatic carbocycles. The molecule has 1 aromatic rings. The molecular formula is C12H13NO7. The fourth-order valence-electron chi connectivity index (χ4n) is 1.24. The van der Waals surface area contributed by atoms with Crippen molar-refractivity contribution in [1.29, 1.82) is 0 Å². The van der Waals surface area contributed by atoms with Crippen LogP contribution in [0.1, 0.15) is 20.3 Å². The summed E-state index contributed by atoms with van der Waals surface area (Å²) in [6.07, 6.45) is -2.21. The van der Waals surface area contributed by atoms with Gasteiger partial charge in [0, 0.05) is 19.4 Å². The Morgan fingerprint density at radius 2 is 1.95 bits per heavy atom. The van der Waals surface area contributed by atoms with Crippen LogP contribution in [0.2, 0.25) is 0 Å². The van der Waals surface area contributed by atoms with Gasteiger partial charge in [0.2, 0.25) is 12.0 Å². The zero-order valence-electron chi connectivity index (χ0n) is 10.9. The van der Waals surface area contributed by atoms with Crippen molar-refractivity contribution in [3.8, 4) is 5.75 Å². The van der Waals surface area contributed by atoms with Gasteiger partial charge in [0.15, 0.2) is 0 Å². The van der Waals surface area contributed by atoms with Gasteiger partial charge in [0.25, 0.3) is 0 Å². The van der Waals surface area contributed by atoms with Crippen LogP contribution in [-0.4, -0.2) is 23.3 Å². The molecule has 0 aliphatic rings. The Hall–Kier alpha value is -2.64. The molecule has 1 rings (SSSR count). The quantitative estimate of drug-likeness (QED) is 0.268. The molecule has 0 N–H and O–H groups in total. The Labute approximate surface area is 114 Å². The minimum Gasteiger partial charge on any atom is -0.425 e. The minimum absolute atomic E-state index is 0.132. The van der Waals surface area contributed by atoms with Crippen molar-refractivity contribution in [3.63, 3.8) is 0 Å². The average molecular weight is 283 g/mol. The number of nitro groups is 1. The molecule has 20 heavy (non-hydrogen) atoms. The van der Waals surface area contributed by atoms with Crippen LogP contribution in [0.5, 0.6) is 5.75 Å². The van der Waals surface area contributed by atoms with Crippen molar-refractivity contribution >= 4 is 17.8 Å². The summed E-state index contributed by atoms with van der Waals surface area (Å²) >= 11 is 0. The third-order valence-corrected chi connectivity index (χ3v) is 2.10. The number of nitrogens with zero attached hydrogens (tertiary/aromatic N) is 1. The maximum atomic E-state index is 11.4. The number of hydrogen-bond donors (Lipinski definition) is 0. The first-order valence-electron chi connectivity index (χ1n) is 5.75. The molecule has 8 heteroatoms. The lowest BCUT2D eigenvalue weighted by Gasteiger charge is -2.13. The zero-order valence-corrected chi connectivity index (χ0v) is 10.9. The van der Waals surface area contributed by atoms with E-state index in [9.17, 15) is 19.7 Å². The minimum atomic E-state index is -1.20. The first-order chi connectivity index (χ1) is 9.43. The molecule has 0 radical (unpaired) electrons. The van der Waals surface area contributed by atoms with E-state index in [1.807, 2.05) is 0 Å². The van der Waals surface area contributed by atoms with Gasteiger partial charge in [0.1, 0.15) is 0 Å². The highest BCUT2D eigenvalue weighted by atomic mass is 16.8. The summed E-state index contributed by atoms with van der Waals surface area (Å²) in [5.74, 6) is -0.799. The highest BCUT2D eigenvalue weighted by Gasteiger charge is 2.20. The second-order valence-corrected chi connectivity index (χ2v) is 3.61. The van der Waals surface area contributed by atoms with Gasteiger partial charge >= 0.3 is 17.8 Å². The van der Waals surface area contributed by atoms with Gasteiger partial charge in [-0.25, -0.2) is 4.79 Å². The first-order valence-corrected chi connectivity index (χ1v) is 5.75. The lowest BCUT2D eigenvalue weighted by Crippen LogP contribution is -2.23. The fraction of sp³-hybridized carbons (Fsp3) is 0.333. The van der Waals surface area contributed by atoms with E-state index in [1.54, 1.807) is 6.92 Å². The van der Waals surface area contributed by atoms with Gasteiger partial charge in [-0.15, -0.1) is 0 Å². The monoisotopic (exact) mass is 283 g/mol. The summed E-state index contributed by atoms with van der Waals surface area (Å²) in [4.78, 5) is 32.4. The highest BCUT2D eigenvalue weighted by Crippen LogP contribution is 2.26. The van der Waals surface area contributed by atoms with E-state index < -0.39 is 23.3 Å². The van der Waals surface area contributed by atoms with Crippen LogP contribution < -0.4 is 4.74 Å². The Morgan fingerprint density at radius 1 is 1.30 bits per heavy atom. The van der Waals surface area contributed by atoms with Gasteiger partial charge in [-0.05, 0) is 6.07 Å². The standard InChI is InChI=1S/C12H13NO7/c1-3-11(14)18-8(2)19-12(15)20-10-7-5-4-6-9(10)13(16)17/h4-8H,3H2,1-2H3. The predicted octanol–water partition coefficient (Wildman–Crippen LogP) is 2.41. The molecule has 0 amide bonds. The molecule has 0 saturated heterocycles. The van der Waals surface area contributed by atoms with Crippen LogP contribution in [0, 0.1) is 10.1 Å². The Kier molecular flexibility index (Phi) is 5.45. The summed E-state index contributed by atoms with van der Waals surface area (Å²) in [5, 5.41) is 10.7. The zero-order chi connectivity index (χ0) is 15.1. The lowest BCUT2D eigenvalue weighted by atomic mass is 10.3. The molecule has 1 atom stereocenters. The summed E-state index contributed by atoms with van der Waals surface area (Å²) in [7, 11) is 0. The number of esters is 1. The summed E-state index contributed by atoms with van der Waals surface area (Å²) in [6.45, 7) is 2.91. The van der Waals surface area contributed by atoms with E-state index in [1.165, 1.54) is 31.2 Å². The Bertz CT molecular complexity index is 514. The van der Waals surface area contributed by atoms with E-state index in [2.05, 4.69) is 9.47 Å².